The van der Waals surface area contributed by atoms with Gasteiger partial charge in [0.2, 0.25) is 5.91 Å². The van der Waals surface area contributed by atoms with Gasteiger partial charge in [-0.15, -0.1) is 0 Å². The number of benzene rings is 2. The Morgan fingerprint density at radius 1 is 1.00 bits per heavy atom. The molecule has 1 amide bonds. The van der Waals surface area contributed by atoms with Crippen LogP contribution >= 0.6 is 11.6 Å². The minimum Gasteiger partial charge on any atom is -0.481 e. The highest BCUT2D eigenvalue weighted by atomic mass is 35.5. The van der Waals surface area contributed by atoms with E-state index in [0.29, 0.717) is 9.33 Å². The van der Waals surface area contributed by atoms with E-state index in [1.165, 1.54) is 36.4 Å². The third-order valence-corrected chi connectivity index (χ3v) is 5.41. The first-order valence-corrected chi connectivity index (χ1v) is 9.16. The molecule has 0 unspecified atom stereocenters. The van der Waals surface area contributed by atoms with Crippen LogP contribution in [0.25, 0.3) is 0 Å². The molecular weight excluding hydrogens is 366 g/mol. The number of carbonyl (C=O) groups excluding carboxylic acids is 1. The fourth-order valence-electron chi connectivity index (χ4n) is 2.12. The first-order chi connectivity index (χ1) is 11.7. The summed E-state index contributed by atoms with van der Waals surface area (Å²) in [7, 11) is -4.18. The van der Waals surface area contributed by atoms with Gasteiger partial charge in [0.25, 0.3) is 10.0 Å². The van der Waals surface area contributed by atoms with E-state index >= 15 is 0 Å². The van der Waals surface area contributed by atoms with Crippen molar-refractivity contribution in [1.29, 1.82) is 0 Å². The molecule has 0 radical (unpaired) electrons. The molecule has 0 fully saturated rings. The molecule has 1 N–H and O–H groups in total. The smallest absolute Gasteiger partial charge is 0.303 e. The van der Waals surface area contributed by atoms with E-state index in [1.54, 1.807) is 12.1 Å². The summed E-state index contributed by atoms with van der Waals surface area (Å²) in [5, 5.41) is 9.15. The lowest BCUT2D eigenvalue weighted by molar-refractivity contribution is -0.138. The van der Waals surface area contributed by atoms with Crippen molar-refractivity contribution < 1.29 is 23.1 Å². The highest BCUT2D eigenvalue weighted by molar-refractivity contribution is 7.93. The second-order valence-corrected chi connectivity index (χ2v) is 7.57. The number of anilines is 1. The lowest BCUT2D eigenvalue weighted by Gasteiger charge is -2.22. The molecular formula is C17H16ClNO5S. The van der Waals surface area contributed by atoms with Crippen LogP contribution in [0.2, 0.25) is 5.02 Å². The Morgan fingerprint density at radius 2 is 1.56 bits per heavy atom. The topological polar surface area (TPSA) is 91.8 Å². The summed E-state index contributed by atoms with van der Waals surface area (Å²) < 4.78 is 26.5. The third kappa shape index (κ3) is 4.58. The molecule has 6 nitrogen and oxygen atoms in total. The molecule has 2 aromatic rings. The van der Waals surface area contributed by atoms with E-state index < -0.39 is 34.7 Å². The maximum absolute atomic E-state index is 12.9. The number of halogens is 1. The standard InChI is InChI=1S/C17H16ClNO5S/c1-12-2-8-15(9-3-12)25(23,24)19(16(20)10-11-17(21)22)14-6-4-13(18)5-7-14/h2-9H,10-11H2,1H3,(H,21,22). The molecule has 0 aromatic heterocycles. The molecule has 0 atom stereocenters. The SMILES string of the molecule is Cc1ccc(S(=O)(=O)N(C(=O)CCC(=O)O)c2ccc(Cl)cc2)cc1. The van der Waals surface area contributed by atoms with Gasteiger partial charge in [0.05, 0.1) is 17.0 Å². The second-order valence-electron chi connectivity index (χ2n) is 5.35. The first kappa shape index (κ1) is 19.0. The van der Waals surface area contributed by atoms with Crippen LogP contribution in [0.4, 0.5) is 5.69 Å². The van der Waals surface area contributed by atoms with Crippen LogP contribution in [0.3, 0.4) is 0 Å². The lowest BCUT2D eigenvalue weighted by Crippen LogP contribution is -2.37. The zero-order valence-corrected chi connectivity index (χ0v) is 14.9. The van der Waals surface area contributed by atoms with Crippen LogP contribution in [0.15, 0.2) is 53.4 Å². The van der Waals surface area contributed by atoms with Gasteiger partial charge in [0.15, 0.2) is 0 Å². The van der Waals surface area contributed by atoms with Gasteiger partial charge in [-0.25, -0.2) is 12.7 Å². The highest BCUT2D eigenvalue weighted by Crippen LogP contribution is 2.26. The summed E-state index contributed by atoms with van der Waals surface area (Å²) in [6, 6.07) is 11.7. The Kier molecular flexibility index (Phi) is 5.81. The number of aryl methyl sites for hydroxylation is 1. The predicted molar refractivity (Wildman–Crippen MR) is 94.2 cm³/mol. The van der Waals surface area contributed by atoms with E-state index in [2.05, 4.69) is 0 Å². The maximum Gasteiger partial charge on any atom is 0.303 e. The number of amides is 1. The molecule has 8 heteroatoms. The fraction of sp³-hybridized carbons (Fsp3) is 0.176. The Labute approximate surface area is 150 Å². The molecule has 2 aromatic carbocycles. The minimum absolute atomic E-state index is 0.0586. The van der Waals surface area contributed by atoms with Gasteiger partial charge in [-0.05, 0) is 43.3 Å². The van der Waals surface area contributed by atoms with Crippen LogP contribution < -0.4 is 4.31 Å². The monoisotopic (exact) mass is 381 g/mol. The van der Waals surface area contributed by atoms with Crippen molar-refractivity contribution in [2.75, 3.05) is 4.31 Å². The molecule has 0 saturated heterocycles. The molecule has 2 rings (SSSR count). The van der Waals surface area contributed by atoms with Crippen LogP contribution in [-0.2, 0) is 19.6 Å². The number of carbonyl (C=O) groups is 2. The number of sulfonamides is 1. The zero-order chi connectivity index (χ0) is 18.6. The molecule has 0 saturated carbocycles. The molecule has 0 aliphatic heterocycles. The molecule has 0 aliphatic carbocycles. The summed E-state index contributed by atoms with van der Waals surface area (Å²) in [6.45, 7) is 1.81. The molecule has 0 aliphatic rings. The summed E-state index contributed by atoms with van der Waals surface area (Å²) in [4.78, 5) is 23.1. The summed E-state index contributed by atoms with van der Waals surface area (Å²) in [6.07, 6.45) is -0.907. The second kappa shape index (κ2) is 7.67. The Balaban J connectivity index is 2.49. The van der Waals surface area contributed by atoms with Crippen LogP contribution in [-0.4, -0.2) is 25.4 Å². The number of aliphatic carboxylic acids is 1. The molecule has 132 valence electrons. The zero-order valence-electron chi connectivity index (χ0n) is 13.3. The van der Waals surface area contributed by atoms with E-state index in [9.17, 15) is 18.0 Å². The van der Waals surface area contributed by atoms with Gasteiger partial charge < -0.3 is 5.11 Å². The number of carboxylic acid groups (broad SMARTS) is 1. The normalized spacial score (nSPS) is 11.1. The number of hydrogen-bond donors (Lipinski definition) is 1. The predicted octanol–water partition coefficient (Wildman–Crippen LogP) is 3.24. The average molecular weight is 382 g/mol. The summed E-state index contributed by atoms with van der Waals surface area (Å²) in [5.74, 6) is -2.01. The van der Waals surface area contributed by atoms with Crippen LogP contribution in [0, 0.1) is 6.92 Å². The molecule has 25 heavy (non-hydrogen) atoms. The third-order valence-electron chi connectivity index (χ3n) is 3.40. The van der Waals surface area contributed by atoms with Crippen molar-refractivity contribution in [1.82, 2.24) is 0 Å². The van der Waals surface area contributed by atoms with E-state index in [0.717, 1.165) is 5.56 Å². The van der Waals surface area contributed by atoms with Gasteiger partial charge in [0.1, 0.15) is 0 Å². The van der Waals surface area contributed by atoms with Crippen LogP contribution in [0.1, 0.15) is 18.4 Å². The van der Waals surface area contributed by atoms with E-state index in [-0.39, 0.29) is 10.6 Å². The highest BCUT2D eigenvalue weighted by Gasteiger charge is 2.31. The Morgan fingerprint density at radius 3 is 2.08 bits per heavy atom. The van der Waals surface area contributed by atoms with Crippen molar-refractivity contribution >= 4 is 39.2 Å². The van der Waals surface area contributed by atoms with Gasteiger partial charge in [0, 0.05) is 11.4 Å². The Hall–Kier alpha value is -2.38. The average Bonchev–Trinajstić information content (AvgIpc) is 2.55. The van der Waals surface area contributed by atoms with E-state index in [4.69, 9.17) is 16.7 Å². The Bertz CT molecular complexity index is 876. The van der Waals surface area contributed by atoms with Gasteiger partial charge in [-0.2, -0.15) is 0 Å². The quantitative estimate of drug-likeness (QED) is 0.829. The lowest BCUT2D eigenvalue weighted by atomic mass is 10.2. The first-order valence-electron chi connectivity index (χ1n) is 7.34. The minimum atomic E-state index is -4.18. The molecule has 0 heterocycles. The number of hydrogen-bond acceptors (Lipinski definition) is 4. The molecule has 0 spiro atoms. The number of nitrogens with zero attached hydrogens (tertiary/aromatic N) is 1. The number of rotatable bonds is 6. The van der Waals surface area contributed by atoms with Crippen molar-refractivity contribution in [3.05, 3.63) is 59.1 Å². The van der Waals surface area contributed by atoms with Gasteiger partial charge in [-0.3, -0.25) is 9.59 Å². The van der Waals surface area contributed by atoms with E-state index in [1.807, 2.05) is 6.92 Å². The van der Waals surface area contributed by atoms with Crippen molar-refractivity contribution in [2.24, 2.45) is 0 Å². The number of carboxylic acids is 1. The van der Waals surface area contributed by atoms with Crippen molar-refractivity contribution in [2.45, 2.75) is 24.7 Å². The van der Waals surface area contributed by atoms with Gasteiger partial charge >= 0.3 is 5.97 Å². The summed E-state index contributed by atoms with van der Waals surface area (Å²) in [5.41, 5.74) is 0.967. The van der Waals surface area contributed by atoms with Crippen LogP contribution in [0.5, 0.6) is 0 Å². The molecule has 0 bridgehead atoms. The van der Waals surface area contributed by atoms with Gasteiger partial charge in [-0.1, -0.05) is 29.3 Å². The van der Waals surface area contributed by atoms with Crippen molar-refractivity contribution in [3.63, 3.8) is 0 Å². The summed E-state index contributed by atoms with van der Waals surface area (Å²) >= 11 is 5.82. The maximum atomic E-state index is 12.9. The van der Waals surface area contributed by atoms with Crippen molar-refractivity contribution in [3.8, 4) is 0 Å². The largest absolute Gasteiger partial charge is 0.481 e. The fourth-order valence-corrected chi connectivity index (χ4v) is 3.70.